The van der Waals surface area contributed by atoms with Gasteiger partial charge in [-0.25, -0.2) is 4.98 Å². The Morgan fingerprint density at radius 1 is 1.25 bits per heavy atom. The summed E-state index contributed by atoms with van der Waals surface area (Å²) in [7, 11) is 0. The first-order chi connectivity index (χ1) is 9.75. The van der Waals surface area contributed by atoms with Crippen LogP contribution >= 0.6 is 0 Å². The van der Waals surface area contributed by atoms with Crippen molar-refractivity contribution in [1.29, 1.82) is 0 Å². The standard InChI is InChI=1S/C14H11N5O/c15-10-6-18-12(9-5-19-14(20)11(9)10)7-1-3-16-13-8(7)2-4-17-13/h1-4,6H,5,15H2,(H,16,17)(H,19,20). The van der Waals surface area contributed by atoms with Crippen LogP contribution in [0.2, 0.25) is 0 Å². The Morgan fingerprint density at radius 3 is 3.05 bits per heavy atom. The van der Waals surface area contributed by atoms with Crippen molar-refractivity contribution < 1.29 is 4.79 Å². The number of aromatic amines is 1. The Labute approximate surface area is 114 Å². The molecule has 0 atom stereocenters. The van der Waals surface area contributed by atoms with Gasteiger partial charge in [0.15, 0.2) is 0 Å². The van der Waals surface area contributed by atoms with E-state index in [0.717, 1.165) is 27.9 Å². The maximum absolute atomic E-state index is 11.8. The molecule has 0 aliphatic carbocycles. The number of aromatic nitrogens is 3. The first-order valence-corrected chi connectivity index (χ1v) is 6.23. The number of hydrogen-bond acceptors (Lipinski definition) is 4. The summed E-state index contributed by atoms with van der Waals surface area (Å²) in [5.74, 6) is -0.138. The minimum Gasteiger partial charge on any atom is -0.397 e. The van der Waals surface area contributed by atoms with E-state index in [9.17, 15) is 4.79 Å². The number of H-pyrrole nitrogens is 1. The zero-order valence-electron chi connectivity index (χ0n) is 10.5. The lowest BCUT2D eigenvalue weighted by molar-refractivity contribution is 0.0966. The fourth-order valence-electron chi connectivity index (χ4n) is 2.67. The maximum atomic E-state index is 11.8. The number of nitrogen functional groups attached to an aromatic ring is 1. The number of rotatable bonds is 1. The lowest BCUT2D eigenvalue weighted by Crippen LogP contribution is -2.13. The van der Waals surface area contributed by atoms with Crippen LogP contribution in [0, 0.1) is 0 Å². The van der Waals surface area contributed by atoms with Gasteiger partial charge in [-0.1, -0.05) is 0 Å². The predicted molar refractivity (Wildman–Crippen MR) is 74.9 cm³/mol. The zero-order chi connectivity index (χ0) is 13.7. The number of carbonyl (C=O) groups is 1. The molecule has 0 unspecified atom stereocenters. The molecule has 6 heteroatoms. The van der Waals surface area contributed by atoms with Crippen LogP contribution in [0.3, 0.4) is 0 Å². The number of nitrogens with two attached hydrogens (primary N) is 1. The van der Waals surface area contributed by atoms with Gasteiger partial charge < -0.3 is 16.0 Å². The molecule has 4 rings (SSSR count). The average Bonchev–Trinajstić information content (AvgIpc) is 3.06. The summed E-state index contributed by atoms with van der Waals surface area (Å²) in [6, 6.07) is 3.85. The van der Waals surface area contributed by atoms with Crippen LogP contribution in [-0.4, -0.2) is 20.9 Å². The van der Waals surface area contributed by atoms with Crippen molar-refractivity contribution in [2.24, 2.45) is 0 Å². The highest BCUT2D eigenvalue weighted by Crippen LogP contribution is 2.33. The number of carbonyl (C=O) groups excluding carboxylic acids is 1. The van der Waals surface area contributed by atoms with Crippen LogP contribution in [0.4, 0.5) is 5.69 Å². The van der Waals surface area contributed by atoms with Crippen molar-refractivity contribution in [3.05, 3.63) is 41.9 Å². The summed E-state index contributed by atoms with van der Waals surface area (Å²) in [6.45, 7) is 0.454. The molecule has 1 amide bonds. The lowest BCUT2D eigenvalue weighted by Gasteiger charge is -2.08. The molecule has 6 nitrogen and oxygen atoms in total. The third-order valence-electron chi connectivity index (χ3n) is 3.58. The largest absolute Gasteiger partial charge is 0.397 e. The van der Waals surface area contributed by atoms with Gasteiger partial charge in [0.1, 0.15) is 5.65 Å². The van der Waals surface area contributed by atoms with Crippen molar-refractivity contribution in [3.63, 3.8) is 0 Å². The van der Waals surface area contributed by atoms with Gasteiger partial charge in [0.25, 0.3) is 5.91 Å². The normalized spacial score (nSPS) is 13.5. The fourth-order valence-corrected chi connectivity index (χ4v) is 2.67. The molecule has 0 saturated heterocycles. The van der Waals surface area contributed by atoms with E-state index in [0.29, 0.717) is 17.8 Å². The highest BCUT2D eigenvalue weighted by Gasteiger charge is 2.26. The van der Waals surface area contributed by atoms with E-state index in [1.54, 1.807) is 6.20 Å². The van der Waals surface area contributed by atoms with Gasteiger partial charge in [-0.3, -0.25) is 9.78 Å². The summed E-state index contributed by atoms with van der Waals surface area (Å²) in [4.78, 5) is 23.6. The second kappa shape index (κ2) is 3.80. The molecule has 0 saturated carbocycles. The van der Waals surface area contributed by atoms with Crippen LogP contribution in [0.25, 0.3) is 22.3 Å². The molecule has 0 radical (unpaired) electrons. The van der Waals surface area contributed by atoms with Crippen LogP contribution in [0.1, 0.15) is 15.9 Å². The molecular weight excluding hydrogens is 254 g/mol. The predicted octanol–water partition coefficient (Wildman–Crippen LogP) is 1.45. The quantitative estimate of drug-likeness (QED) is 0.620. The van der Waals surface area contributed by atoms with Gasteiger partial charge in [0.2, 0.25) is 0 Å². The molecule has 98 valence electrons. The summed E-state index contributed by atoms with van der Waals surface area (Å²) in [6.07, 6.45) is 5.10. The maximum Gasteiger partial charge on any atom is 0.254 e. The number of anilines is 1. The summed E-state index contributed by atoms with van der Waals surface area (Å²) < 4.78 is 0. The van der Waals surface area contributed by atoms with Gasteiger partial charge >= 0.3 is 0 Å². The lowest BCUT2D eigenvalue weighted by atomic mass is 10.0. The SMILES string of the molecule is Nc1cnc(-c2ccnc3[nH]ccc23)c2c1C(=O)NC2. The van der Waals surface area contributed by atoms with Crippen LogP contribution in [-0.2, 0) is 6.54 Å². The topological polar surface area (TPSA) is 96.7 Å². The number of pyridine rings is 2. The molecule has 1 aliphatic rings. The second-order valence-electron chi connectivity index (χ2n) is 4.70. The first kappa shape index (κ1) is 11.0. The number of amides is 1. The van der Waals surface area contributed by atoms with E-state index in [1.165, 1.54) is 6.20 Å². The molecule has 0 fully saturated rings. The Balaban J connectivity index is 2.05. The van der Waals surface area contributed by atoms with Crippen LogP contribution in [0.15, 0.2) is 30.7 Å². The van der Waals surface area contributed by atoms with Crippen molar-refractivity contribution in [3.8, 4) is 11.3 Å². The smallest absolute Gasteiger partial charge is 0.254 e. The summed E-state index contributed by atoms with van der Waals surface area (Å²) in [5, 5.41) is 3.77. The third kappa shape index (κ3) is 1.36. The highest BCUT2D eigenvalue weighted by atomic mass is 16.1. The van der Waals surface area contributed by atoms with Gasteiger partial charge in [0, 0.05) is 35.5 Å². The fraction of sp³-hybridized carbons (Fsp3) is 0.0714. The van der Waals surface area contributed by atoms with Gasteiger partial charge in [-0.15, -0.1) is 0 Å². The number of nitrogens with one attached hydrogen (secondary N) is 2. The van der Waals surface area contributed by atoms with E-state index >= 15 is 0 Å². The molecular formula is C14H11N5O. The molecule has 0 spiro atoms. The monoisotopic (exact) mass is 265 g/mol. The van der Waals surface area contributed by atoms with E-state index in [1.807, 2.05) is 18.3 Å². The number of fused-ring (bicyclic) bond motifs is 2. The Bertz CT molecular complexity index is 852. The molecule has 1 aliphatic heterocycles. The molecule has 3 aromatic heterocycles. The molecule has 0 bridgehead atoms. The Morgan fingerprint density at radius 2 is 2.15 bits per heavy atom. The first-order valence-electron chi connectivity index (χ1n) is 6.23. The highest BCUT2D eigenvalue weighted by molar-refractivity contribution is 6.05. The third-order valence-corrected chi connectivity index (χ3v) is 3.58. The molecule has 3 aromatic rings. The summed E-state index contributed by atoms with van der Waals surface area (Å²) >= 11 is 0. The van der Waals surface area contributed by atoms with E-state index in [2.05, 4.69) is 20.3 Å². The zero-order valence-corrected chi connectivity index (χ0v) is 10.5. The van der Waals surface area contributed by atoms with E-state index < -0.39 is 0 Å². The van der Waals surface area contributed by atoms with Crippen molar-refractivity contribution in [1.82, 2.24) is 20.3 Å². The van der Waals surface area contributed by atoms with Gasteiger partial charge in [0.05, 0.1) is 23.1 Å². The van der Waals surface area contributed by atoms with E-state index in [-0.39, 0.29) is 5.91 Å². The van der Waals surface area contributed by atoms with Crippen LogP contribution < -0.4 is 11.1 Å². The number of hydrogen-bond donors (Lipinski definition) is 3. The summed E-state index contributed by atoms with van der Waals surface area (Å²) in [5.41, 5.74) is 10.2. The van der Waals surface area contributed by atoms with Gasteiger partial charge in [-0.2, -0.15) is 0 Å². The van der Waals surface area contributed by atoms with E-state index in [4.69, 9.17) is 5.73 Å². The molecule has 20 heavy (non-hydrogen) atoms. The minimum atomic E-state index is -0.138. The minimum absolute atomic E-state index is 0.138. The Kier molecular flexibility index (Phi) is 2.09. The molecule has 0 aromatic carbocycles. The molecule has 4 N–H and O–H groups in total. The van der Waals surface area contributed by atoms with Crippen molar-refractivity contribution in [2.75, 3.05) is 5.73 Å². The Hall–Kier alpha value is -2.89. The van der Waals surface area contributed by atoms with Gasteiger partial charge in [-0.05, 0) is 12.1 Å². The van der Waals surface area contributed by atoms with Crippen molar-refractivity contribution >= 4 is 22.6 Å². The average molecular weight is 265 g/mol. The molecule has 4 heterocycles. The second-order valence-corrected chi connectivity index (χ2v) is 4.70. The van der Waals surface area contributed by atoms with Crippen LogP contribution in [0.5, 0.6) is 0 Å². The number of nitrogens with zero attached hydrogens (tertiary/aromatic N) is 2. The van der Waals surface area contributed by atoms with Crippen molar-refractivity contribution in [2.45, 2.75) is 6.54 Å².